The number of fused-ring (bicyclic) bond motifs is 3. The third kappa shape index (κ3) is 4.72. The number of rotatable bonds is 7. The Morgan fingerprint density at radius 2 is 1.63 bits per heavy atom. The van der Waals surface area contributed by atoms with Crippen LogP contribution in [0.4, 0.5) is 10.5 Å². The number of amides is 2. The van der Waals surface area contributed by atoms with E-state index in [0.717, 1.165) is 22.3 Å². The molecular formula is C27H23ClN2O5. The summed E-state index contributed by atoms with van der Waals surface area (Å²) in [6.07, 6.45) is 0.0984. The first-order chi connectivity index (χ1) is 16.9. The Labute approximate surface area is 207 Å². The van der Waals surface area contributed by atoms with Gasteiger partial charge in [0.2, 0.25) is 5.91 Å². The summed E-state index contributed by atoms with van der Waals surface area (Å²) >= 11 is 6.08. The quantitative estimate of drug-likeness (QED) is 0.424. The summed E-state index contributed by atoms with van der Waals surface area (Å²) in [6.45, 7) is 0.546. The summed E-state index contributed by atoms with van der Waals surface area (Å²) in [5, 5.41) is 14.8. The van der Waals surface area contributed by atoms with Crippen molar-refractivity contribution >= 4 is 35.3 Å². The van der Waals surface area contributed by atoms with Crippen molar-refractivity contribution in [3.63, 3.8) is 0 Å². The van der Waals surface area contributed by atoms with Gasteiger partial charge in [-0.3, -0.25) is 4.79 Å². The smallest absolute Gasteiger partial charge is 0.407 e. The highest BCUT2D eigenvalue weighted by Gasteiger charge is 2.43. The van der Waals surface area contributed by atoms with Crippen molar-refractivity contribution < 1.29 is 24.2 Å². The highest BCUT2D eigenvalue weighted by atomic mass is 35.5. The second kappa shape index (κ2) is 9.43. The van der Waals surface area contributed by atoms with Crippen LogP contribution < -0.4 is 10.6 Å². The van der Waals surface area contributed by atoms with Crippen LogP contribution in [0.15, 0.2) is 66.7 Å². The molecule has 1 saturated carbocycles. The zero-order valence-electron chi connectivity index (χ0n) is 18.7. The molecule has 5 rings (SSSR count). The maximum absolute atomic E-state index is 12.5. The predicted molar refractivity (Wildman–Crippen MR) is 132 cm³/mol. The number of alkyl carbamates (subject to hydrolysis) is 1. The Balaban J connectivity index is 1.11. The van der Waals surface area contributed by atoms with Crippen LogP contribution in [0.1, 0.15) is 33.8 Å². The lowest BCUT2D eigenvalue weighted by Gasteiger charge is -2.14. The summed E-state index contributed by atoms with van der Waals surface area (Å²) < 4.78 is 5.54. The van der Waals surface area contributed by atoms with Crippen LogP contribution >= 0.6 is 11.6 Å². The van der Waals surface area contributed by atoms with E-state index in [4.69, 9.17) is 21.4 Å². The number of hydrogen-bond donors (Lipinski definition) is 3. The van der Waals surface area contributed by atoms with Crippen molar-refractivity contribution in [2.24, 2.45) is 11.8 Å². The topological polar surface area (TPSA) is 105 Å². The number of nitrogens with one attached hydrogen (secondary N) is 2. The summed E-state index contributed by atoms with van der Waals surface area (Å²) in [5.41, 5.74) is 4.91. The van der Waals surface area contributed by atoms with Crippen LogP contribution in [-0.4, -0.2) is 36.2 Å². The summed E-state index contributed by atoms with van der Waals surface area (Å²) in [4.78, 5) is 36.0. The standard InChI is InChI=1S/C27H23ClN2O5/c28-23-10-9-15(26(32)33)12-24(23)30-25(31)21-11-16(21)13-29-27(34)35-14-22-19-7-3-1-5-17(19)18-6-2-4-8-20(18)22/h1-10,12,16,21-22H,11,13-14H2,(H,29,34)(H,30,31)(H,32,33). The van der Waals surface area contributed by atoms with E-state index in [-0.39, 0.29) is 46.5 Å². The van der Waals surface area contributed by atoms with E-state index in [1.54, 1.807) is 0 Å². The van der Waals surface area contributed by atoms with E-state index in [1.807, 2.05) is 24.3 Å². The molecule has 8 heteroatoms. The van der Waals surface area contributed by atoms with E-state index in [9.17, 15) is 14.4 Å². The van der Waals surface area contributed by atoms with Crippen LogP contribution in [0.5, 0.6) is 0 Å². The normalized spacial score (nSPS) is 17.7. The minimum atomic E-state index is -1.10. The first kappa shape index (κ1) is 22.9. The van der Waals surface area contributed by atoms with Gasteiger partial charge in [0.15, 0.2) is 0 Å². The van der Waals surface area contributed by atoms with Crippen molar-refractivity contribution in [3.8, 4) is 11.1 Å². The third-order valence-electron chi connectivity index (χ3n) is 6.58. The van der Waals surface area contributed by atoms with Gasteiger partial charge in [0.25, 0.3) is 0 Å². The zero-order chi connectivity index (χ0) is 24.5. The van der Waals surface area contributed by atoms with Crippen LogP contribution in [0, 0.1) is 11.8 Å². The lowest BCUT2D eigenvalue weighted by Crippen LogP contribution is -2.29. The van der Waals surface area contributed by atoms with Crippen LogP contribution in [-0.2, 0) is 9.53 Å². The number of anilines is 1. The summed E-state index contributed by atoms with van der Waals surface area (Å²) in [5.74, 6) is -1.67. The Hall–Kier alpha value is -3.84. The fourth-order valence-electron chi connectivity index (χ4n) is 4.64. The molecule has 2 amide bonds. The monoisotopic (exact) mass is 490 g/mol. The number of carboxylic acids is 1. The number of carbonyl (C=O) groups is 3. The van der Waals surface area contributed by atoms with E-state index in [2.05, 4.69) is 34.9 Å². The molecule has 0 bridgehead atoms. The number of ether oxygens (including phenoxy) is 1. The van der Waals surface area contributed by atoms with Gasteiger partial charge in [-0.05, 0) is 52.8 Å². The molecule has 2 aliphatic carbocycles. The average Bonchev–Trinajstić information content (AvgIpc) is 3.58. The van der Waals surface area contributed by atoms with Crippen molar-refractivity contribution in [2.75, 3.05) is 18.5 Å². The molecule has 0 spiro atoms. The Morgan fingerprint density at radius 3 is 2.29 bits per heavy atom. The van der Waals surface area contributed by atoms with E-state index in [0.29, 0.717) is 13.0 Å². The first-order valence-corrected chi connectivity index (χ1v) is 11.7. The van der Waals surface area contributed by atoms with E-state index in [1.165, 1.54) is 18.2 Å². The number of halogens is 1. The molecule has 35 heavy (non-hydrogen) atoms. The minimum Gasteiger partial charge on any atom is -0.478 e. The molecule has 7 nitrogen and oxygen atoms in total. The molecule has 0 aliphatic heterocycles. The van der Waals surface area contributed by atoms with Gasteiger partial charge in [-0.15, -0.1) is 0 Å². The molecule has 3 N–H and O–H groups in total. The third-order valence-corrected chi connectivity index (χ3v) is 6.91. The number of carboxylic acid groups (broad SMARTS) is 1. The fourth-order valence-corrected chi connectivity index (χ4v) is 4.80. The fraction of sp³-hybridized carbons (Fsp3) is 0.222. The van der Waals surface area contributed by atoms with Gasteiger partial charge >= 0.3 is 12.1 Å². The predicted octanol–water partition coefficient (Wildman–Crippen LogP) is 5.15. The number of carbonyl (C=O) groups excluding carboxylic acids is 2. The lowest BCUT2D eigenvalue weighted by atomic mass is 9.98. The minimum absolute atomic E-state index is 0.0149. The zero-order valence-corrected chi connectivity index (χ0v) is 19.4. The number of hydrogen-bond acceptors (Lipinski definition) is 4. The molecule has 0 radical (unpaired) electrons. The Bertz CT molecular complexity index is 1280. The second-order valence-electron chi connectivity index (χ2n) is 8.80. The molecule has 3 aromatic rings. The SMILES string of the molecule is O=C(NCC1CC1C(=O)Nc1cc(C(=O)O)ccc1Cl)OCC1c2ccccc2-c2ccccc21. The van der Waals surface area contributed by atoms with Gasteiger partial charge in [-0.2, -0.15) is 0 Å². The van der Waals surface area contributed by atoms with Gasteiger partial charge in [0, 0.05) is 18.4 Å². The van der Waals surface area contributed by atoms with Crippen molar-refractivity contribution in [3.05, 3.63) is 88.4 Å². The molecule has 2 aliphatic rings. The molecule has 2 atom stereocenters. The van der Waals surface area contributed by atoms with Crippen molar-refractivity contribution in [1.82, 2.24) is 5.32 Å². The van der Waals surface area contributed by atoms with Gasteiger partial charge in [0.1, 0.15) is 6.61 Å². The molecule has 0 saturated heterocycles. The van der Waals surface area contributed by atoms with Gasteiger partial charge in [0.05, 0.1) is 16.3 Å². The van der Waals surface area contributed by atoms with Gasteiger partial charge < -0.3 is 20.5 Å². The lowest BCUT2D eigenvalue weighted by molar-refractivity contribution is -0.117. The summed E-state index contributed by atoms with van der Waals surface area (Å²) in [7, 11) is 0. The molecule has 0 heterocycles. The number of aromatic carboxylic acids is 1. The van der Waals surface area contributed by atoms with Crippen LogP contribution in [0.3, 0.4) is 0 Å². The van der Waals surface area contributed by atoms with Crippen LogP contribution in [0.2, 0.25) is 5.02 Å². The molecular weight excluding hydrogens is 468 g/mol. The highest BCUT2D eigenvalue weighted by Crippen LogP contribution is 2.44. The average molecular weight is 491 g/mol. The van der Waals surface area contributed by atoms with E-state index < -0.39 is 12.1 Å². The molecule has 0 aromatic heterocycles. The van der Waals surface area contributed by atoms with Crippen molar-refractivity contribution in [1.29, 1.82) is 0 Å². The Morgan fingerprint density at radius 1 is 0.971 bits per heavy atom. The maximum Gasteiger partial charge on any atom is 0.407 e. The van der Waals surface area contributed by atoms with Crippen molar-refractivity contribution in [2.45, 2.75) is 12.3 Å². The molecule has 3 aromatic carbocycles. The first-order valence-electron chi connectivity index (χ1n) is 11.3. The van der Waals surface area contributed by atoms with E-state index >= 15 is 0 Å². The number of benzene rings is 3. The molecule has 2 unspecified atom stereocenters. The molecule has 1 fully saturated rings. The molecule has 178 valence electrons. The summed E-state index contributed by atoms with van der Waals surface area (Å²) in [6, 6.07) is 20.4. The maximum atomic E-state index is 12.5. The van der Waals surface area contributed by atoms with Crippen LogP contribution in [0.25, 0.3) is 11.1 Å². The Kier molecular flexibility index (Phi) is 6.17. The highest BCUT2D eigenvalue weighted by molar-refractivity contribution is 6.33. The van der Waals surface area contributed by atoms with Gasteiger partial charge in [-0.25, -0.2) is 9.59 Å². The van der Waals surface area contributed by atoms with Gasteiger partial charge in [-0.1, -0.05) is 60.1 Å². The largest absolute Gasteiger partial charge is 0.478 e. The second-order valence-corrected chi connectivity index (χ2v) is 9.20.